The molecular weight excluding hydrogens is 340 g/mol. The summed E-state index contributed by atoms with van der Waals surface area (Å²) in [6, 6.07) is 0.438. The number of ether oxygens (including phenoxy) is 1. The minimum atomic E-state index is -0.110. The largest absolute Gasteiger partial charge is 0.393 e. The summed E-state index contributed by atoms with van der Waals surface area (Å²) in [5, 5.41) is 16.8. The van der Waals surface area contributed by atoms with E-state index in [0.29, 0.717) is 11.5 Å². The van der Waals surface area contributed by atoms with Crippen molar-refractivity contribution in [3.63, 3.8) is 0 Å². The molecule has 0 aromatic rings. The van der Waals surface area contributed by atoms with Gasteiger partial charge in [0.25, 0.3) is 0 Å². The lowest BCUT2D eigenvalue weighted by molar-refractivity contribution is 0.00937. The molecule has 3 aliphatic rings. The topological polar surface area (TPSA) is 69.1 Å². The lowest BCUT2D eigenvalue weighted by Crippen LogP contribution is -2.48. The van der Waals surface area contributed by atoms with Crippen molar-refractivity contribution in [3.05, 3.63) is 0 Å². The molecule has 1 aliphatic heterocycles. The number of rotatable bonds is 6. The Morgan fingerprint density at radius 2 is 1.81 bits per heavy atom. The molecule has 0 bridgehead atoms. The lowest BCUT2D eigenvalue weighted by Gasteiger charge is -2.41. The van der Waals surface area contributed by atoms with Crippen LogP contribution in [0.25, 0.3) is 0 Å². The van der Waals surface area contributed by atoms with Crippen LogP contribution in [-0.2, 0) is 4.74 Å². The van der Waals surface area contributed by atoms with Crippen LogP contribution < -0.4 is 10.6 Å². The summed E-state index contributed by atoms with van der Waals surface area (Å²) in [4.78, 5) is 7.65. The second kappa shape index (κ2) is 10.6. The van der Waals surface area contributed by atoms with Crippen LogP contribution in [0.2, 0.25) is 0 Å². The number of aliphatic hydroxyl groups is 1. The molecule has 0 amide bonds. The van der Waals surface area contributed by atoms with Crippen LogP contribution in [0.15, 0.2) is 4.99 Å². The molecule has 2 saturated carbocycles. The fourth-order valence-electron chi connectivity index (χ4n) is 4.88. The minimum absolute atomic E-state index is 0.110. The van der Waals surface area contributed by atoms with E-state index in [1.54, 1.807) is 0 Å². The van der Waals surface area contributed by atoms with Crippen molar-refractivity contribution < 1.29 is 9.84 Å². The van der Waals surface area contributed by atoms with E-state index in [-0.39, 0.29) is 6.10 Å². The highest BCUT2D eigenvalue weighted by atomic mass is 16.5. The van der Waals surface area contributed by atoms with Gasteiger partial charge >= 0.3 is 0 Å². The third-order valence-corrected chi connectivity index (χ3v) is 6.53. The predicted molar refractivity (Wildman–Crippen MR) is 110 cm³/mol. The Hall–Kier alpha value is -0.850. The molecule has 3 rings (SSSR count). The Kier molecular flexibility index (Phi) is 8.22. The highest BCUT2D eigenvalue weighted by Gasteiger charge is 2.34. The Balaban J connectivity index is 1.60. The van der Waals surface area contributed by atoms with Crippen LogP contribution in [0.4, 0.5) is 0 Å². The zero-order valence-corrected chi connectivity index (χ0v) is 17.2. The second-order valence-corrected chi connectivity index (χ2v) is 8.79. The van der Waals surface area contributed by atoms with Gasteiger partial charge < -0.3 is 20.5 Å². The SMILES string of the molecule is CCNC(=NCC1(CN2CCOCC2)CCCCC1)NC1CCC(O)CC1. The fraction of sp³-hybridized carbons (Fsp3) is 0.952. The Labute approximate surface area is 165 Å². The van der Waals surface area contributed by atoms with E-state index < -0.39 is 0 Å². The molecule has 3 N–H and O–H groups in total. The Morgan fingerprint density at radius 1 is 1.11 bits per heavy atom. The van der Waals surface area contributed by atoms with Gasteiger partial charge in [0, 0.05) is 44.2 Å². The second-order valence-electron chi connectivity index (χ2n) is 8.79. The number of hydrogen-bond donors (Lipinski definition) is 3. The number of aliphatic hydroxyl groups excluding tert-OH is 1. The average molecular weight is 381 g/mol. The standard InChI is InChI=1S/C21H40N4O2/c1-2-22-20(24-18-6-8-19(26)9-7-18)23-16-21(10-4-3-5-11-21)17-25-12-14-27-15-13-25/h18-19,26H,2-17H2,1H3,(H2,22,23,24). The number of guanidine groups is 1. The van der Waals surface area contributed by atoms with Crippen LogP contribution in [0, 0.1) is 5.41 Å². The van der Waals surface area contributed by atoms with Gasteiger partial charge in [-0.1, -0.05) is 19.3 Å². The molecule has 0 radical (unpaired) electrons. The number of nitrogens with one attached hydrogen (secondary N) is 2. The van der Waals surface area contributed by atoms with Gasteiger partial charge in [0.15, 0.2) is 5.96 Å². The summed E-state index contributed by atoms with van der Waals surface area (Å²) in [6.45, 7) is 8.96. The maximum Gasteiger partial charge on any atom is 0.191 e. The van der Waals surface area contributed by atoms with E-state index in [4.69, 9.17) is 9.73 Å². The molecule has 1 heterocycles. The molecule has 0 spiro atoms. The molecule has 0 unspecified atom stereocenters. The van der Waals surface area contributed by atoms with Crippen LogP contribution in [0.3, 0.4) is 0 Å². The zero-order valence-electron chi connectivity index (χ0n) is 17.2. The Morgan fingerprint density at radius 3 is 2.48 bits per heavy atom. The highest BCUT2D eigenvalue weighted by molar-refractivity contribution is 5.80. The summed E-state index contributed by atoms with van der Waals surface area (Å²) in [6.07, 6.45) is 10.4. The maximum atomic E-state index is 9.74. The van der Waals surface area contributed by atoms with E-state index in [9.17, 15) is 5.11 Å². The third kappa shape index (κ3) is 6.61. The highest BCUT2D eigenvalue weighted by Crippen LogP contribution is 2.37. The van der Waals surface area contributed by atoms with Gasteiger partial charge in [0.2, 0.25) is 0 Å². The summed E-state index contributed by atoms with van der Waals surface area (Å²) < 4.78 is 5.54. The molecule has 1 saturated heterocycles. The van der Waals surface area contributed by atoms with E-state index in [1.165, 1.54) is 32.1 Å². The molecule has 0 atom stereocenters. The van der Waals surface area contributed by atoms with Gasteiger partial charge in [-0.2, -0.15) is 0 Å². The summed E-state index contributed by atoms with van der Waals surface area (Å²) in [5.41, 5.74) is 0.320. The summed E-state index contributed by atoms with van der Waals surface area (Å²) in [7, 11) is 0. The summed E-state index contributed by atoms with van der Waals surface area (Å²) >= 11 is 0. The summed E-state index contributed by atoms with van der Waals surface area (Å²) in [5.74, 6) is 0.964. The first-order chi connectivity index (χ1) is 13.2. The van der Waals surface area contributed by atoms with Crippen LogP contribution in [-0.4, -0.2) is 74.0 Å². The van der Waals surface area contributed by atoms with Crippen LogP contribution >= 0.6 is 0 Å². The van der Waals surface area contributed by atoms with Gasteiger partial charge in [-0.25, -0.2) is 0 Å². The van der Waals surface area contributed by atoms with Crippen LogP contribution in [0.1, 0.15) is 64.7 Å². The maximum absolute atomic E-state index is 9.74. The van der Waals surface area contributed by atoms with Crippen molar-refractivity contribution in [2.45, 2.75) is 76.9 Å². The molecule has 156 valence electrons. The van der Waals surface area contributed by atoms with Crippen molar-refractivity contribution >= 4 is 5.96 Å². The number of morpholine rings is 1. The van der Waals surface area contributed by atoms with Crippen molar-refractivity contribution in [3.8, 4) is 0 Å². The molecule has 3 fully saturated rings. The van der Waals surface area contributed by atoms with E-state index in [0.717, 1.165) is 77.6 Å². The van der Waals surface area contributed by atoms with E-state index >= 15 is 0 Å². The molecule has 2 aliphatic carbocycles. The number of nitrogens with zero attached hydrogens (tertiary/aromatic N) is 2. The Bertz CT molecular complexity index is 451. The molecule has 6 nitrogen and oxygen atoms in total. The molecule has 6 heteroatoms. The quantitative estimate of drug-likeness (QED) is 0.486. The molecule has 27 heavy (non-hydrogen) atoms. The third-order valence-electron chi connectivity index (χ3n) is 6.53. The van der Waals surface area contributed by atoms with Gasteiger partial charge in [0.05, 0.1) is 19.3 Å². The van der Waals surface area contributed by atoms with Crippen molar-refractivity contribution in [1.29, 1.82) is 0 Å². The number of hydrogen-bond acceptors (Lipinski definition) is 4. The fourth-order valence-corrected chi connectivity index (χ4v) is 4.88. The van der Waals surface area contributed by atoms with Crippen molar-refractivity contribution in [2.24, 2.45) is 10.4 Å². The average Bonchev–Trinajstić information content (AvgIpc) is 2.70. The normalized spacial score (nSPS) is 30.1. The van der Waals surface area contributed by atoms with Gasteiger partial charge in [-0.15, -0.1) is 0 Å². The minimum Gasteiger partial charge on any atom is -0.393 e. The van der Waals surface area contributed by atoms with Crippen molar-refractivity contribution in [2.75, 3.05) is 45.9 Å². The first kappa shape index (κ1) is 20.9. The lowest BCUT2D eigenvalue weighted by atomic mass is 9.73. The smallest absolute Gasteiger partial charge is 0.191 e. The van der Waals surface area contributed by atoms with E-state index in [2.05, 4.69) is 22.5 Å². The molecule has 0 aromatic heterocycles. The molecular formula is C21H40N4O2. The zero-order chi connectivity index (χ0) is 19.0. The van der Waals surface area contributed by atoms with Gasteiger partial charge in [-0.05, 0) is 45.4 Å². The molecule has 0 aromatic carbocycles. The van der Waals surface area contributed by atoms with Gasteiger partial charge in [-0.3, -0.25) is 9.89 Å². The first-order valence-electron chi connectivity index (χ1n) is 11.2. The first-order valence-corrected chi connectivity index (χ1v) is 11.2. The van der Waals surface area contributed by atoms with Gasteiger partial charge in [0.1, 0.15) is 0 Å². The van der Waals surface area contributed by atoms with Crippen molar-refractivity contribution in [1.82, 2.24) is 15.5 Å². The monoisotopic (exact) mass is 380 g/mol. The van der Waals surface area contributed by atoms with E-state index in [1.807, 2.05) is 0 Å². The number of aliphatic imine (C=N–C) groups is 1. The predicted octanol–water partition coefficient (Wildman–Crippen LogP) is 2.13. The van der Waals surface area contributed by atoms with Crippen LogP contribution in [0.5, 0.6) is 0 Å².